The summed E-state index contributed by atoms with van der Waals surface area (Å²) in [4.78, 5) is 14.1. The number of aromatic nitrogens is 1. The van der Waals surface area contributed by atoms with Gasteiger partial charge in [0.1, 0.15) is 0 Å². The quantitative estimate of drug-likeness (QED) is 0.775. The second-order valence-electron chi connectivity index (χ2n) is 7.76. The maximum Gasteiger partial charge on any atom is 0.250 e. The highest BCUT2D eigenvalue weighted by molar-refractivity contribution is 7.88. The van der Waals surface area contributed by atoms with E-state index in [4.69, 9.17) is 0 Å². The molecule has 27 heavy (non-hydrogen) atoms. The number of hydrogen-bond acceptors (Lipinski definition) is 4. The average molecular weight is 388 g/mol. The van der Waals surface area contributed by atoms with E-state index >= 15 is 0 Å². The van der Waals surface area contributed by atoms with E-state index < -0.39 is 10.0 Å². The minimum atomic E-state index is -3.27. The standard InChI is InChI=1S/C20H25N3O3S/c1-21-8-7-17(9-20(21)24)10-22-11-18-13-23(14-19(18)12-22)27(25,26)15-16-5-3-2-4-6-16/h2-9,18-19H,10-15H2,1H3. The SMILES string of the molecule is Cn1ccc(CN2CC3CN(S(=O)(=O)Cc4ccccc4)CC3C2)cc1=O. The number of hydrogen-bond donors (Lipinski definition) is 0. The van der Waals surface area contributed by atoms with Crippen molar-refractivity contribution in [2.75, 3.05) is 26.2 Å². The molecule has 0 saturated carbocycles. The third kappa shape index (κ3) is 4.00. The van der Waals surface area contributed by atoms with Crippen molar-refractivity contribution in [2.24, 2.45) is 18.9 Å². The van der Waals surface area contributed by atoms with Gasteiger partial charge in [0, 0.05) is 52.0 Å². The Hall–Kier alpha value is -1.96. The van der Waals surface area contributed by atoms with E-state index in [1.807, 2.05) is 36.4 Å². The van der Waals surface area contributed by atoms with Crippen LogP contribution in [0.25, 0.3) is 0 Å². The molecular weight excluding hydrogens is 362 g/mol. The first-order valence-electron chi connectivity index (χ1n) is 9.30. The van der Waals surface area contributed by atoms with E-state index in [0.29, 0.717) is 24.9 Å². The maximum absolute atomic E-state index is 12.8. The molecular formula is C20H25N3O3S. The second-order valence-corrected chi connectivity index (χ2v) is 9.73. The Kier molecular flexibility index (Phi) is 4.92. The fourth-order valence-corrected chi connectivity index (χ4v) is 5.86. The molecule has 3 heterocycles. The Bertz CT molecular complexity index is 957. The van der Waals surface area contributed by atoms with Crippen LogP contribution >= 0.6 is 0 Å². The van der Waals surface area contributed by atoms with Crippen molar-refractivity contribution in [3.8, 4) is 0 Å². The lowest BCUT2D eigenvalue weighted by atomic mass is 10.0. The van der Waals surface area contributed by atoms with Crippen LogP contribution in [0.2, 0.25) is 0 Å². The first-order valence-corrected chi connectivity index (χ1v) is 10.9. The van der Waals surface area contributed by atoms with Crippen molar-refractivity contribution in [1.82, 2.24) is 13.8 Å². The molecule has 0 radical (unpaired) electrons. The van der Waals surface area contributed by atoms with Crippen molar-refractivity contribution in [3.05, 3.63) is 70.1 Å². The lowest BCUT2D eigenvalue weighted by Crippen LogP contribution is -2.34. The minimum absolute atomic E-state index is 0.00470. The van der Waals surface area contributed by atoms with Gasteiger partial charge in [-0.3, -0.25) is 9.69 Å². The molecule has 0 amide bonds. The molecule has 2 unspecified atom stereocenters. The topological polar surface area (TPSA) is 62.6 Å². The summed E-state index contributed by atoms with van der Waals surface area (Å²) in [6, 6.07) is 13.0. The summed E-state index contributed by atoms with van der Waals surface area (Å²) in [5.41, 5.74) is 1.86. The van der Waals surface area contributed by atoms with Crippen LogP contribution in [0.4, 0.5) is 0 Å². The lowest BCUT2D eigenvalue weighted by Gasteiger charge is -2.21. The summed E-state index contributed by atoms with van der Waals surface area (Å²) in [6.45, 7) is 3.73. The van der Waals surface area contributed by atoms with Crippen LogP contribution < -0.4 is 5.56 Å². The molecule has 2 atom stereocenters. The highest BCUT2D eigenvalue weighted by Crippen LogP contribution is 2.33. The van der Waals surface area contributed by atoms with E-state index in [9.17, 15) is 13.2 Å². The van der Waals surface area contributed by atoms with E-state index in [1.54, 1.807) is 28.2 Å². The Morgan fingerprint density at radius 1 is 0.963 bits per heavy atom. The first-order chi connectivity index (χ1) is 12.9. The van der Waals surface area contributed by atoms with Gasteiger partial charge in [0.25, 0.3) is 5.56 Å². The van der Waals surface area contributed by atoms with Crippen LogP contribution in [0.5, 0.6) is 0 Å². The molecule has 2 fully saturated rings. The molecule has 2 saturated heterocycles. The summed E-state index contributed by atoms with van der Waals surface area (Å²) < 4.78 is 28.7. The molecule has 4 rings (SSSR count). The van der Waals surface area contributed by atoms with Crippen LogP contribution in [-0.2, 0) is 29.4 Å². The van der Waals surface area contributed by atoms with Gasteiger partial charge in [-0.25, -0.2) is 12.7 Å². The zero-order chi connectivity index (χ0) is 19.0. The predicted octanol–water partition coefficient (Wildman–Crippen LogP) is 1.28. The van der Waals surface area contributed by atoms with Gasteiger partial charge >= 0.3 is 0 Å². The van der Waals surface area contributed by atoms with Gasteiger partial charge in [0.05, 0.1) is 5.75 Å². The average Bonchev–Trinajstić information content (AvgIpc) is 3.18. The predicted molar refractivity (Wildman–Crippen MR) is 105 cm³/mol. The summed E-state index contributed by atoms with van der Waals surface area (Å²) in [5, 5.41) is 0. The molecule has 6 nitrogen and oxygen atoms in total. The van der Waals surface area contributed by atoms with Crippen LogP contribution in [0.1, 0.15) is 11.1 Å². The summed E-state index contributed by atoms with van der Waals surface area (Å²) in [5.74, 6) is 0.828. The first kappa shape index (κ1) is 18.4. The van der Waals surface area contributed by atoms with Gasteiger partial charge < -0.3 is 4.57 Å². The molecule has 0 spiro atoms. The largest absolute Gasteiger partial charge is 0.319 e. The lowest BCUT2D eigenvalue weighted by molar-refractivity contribution is 0.289. The smallest absolute Gasteiger partial charge is 0.250 e. The summed E-state index contributed by atoms with van der Waals surface area (Å²) >= 11 is 0. The van der Waals surface area contributed by atoms with E-state index in [2.05, 4.69) is 4.90 Å². The fraction of sp³-hybridized carbons (Fsp3) is 0.450. The number of benzene rings is 1. The van der Waals surface area contributed by atoms with Crippen LogP contribution in [0.3, 0.4) is 0 Å². The fourth-order valence-electron chi connectivity index (χ4n) is 4.23. The third-order valence-corrected chi connectivity index (χ3v) is 7.47. The number of nitrogens with zero attached hydrogens (tertiary/aromatic N) is 3. The Balaban J connectivity index is 1.36. The van der Waals surface area contributed by atoms with Gasteiger partial charge in [0.15, 0.2) is 0 Å². The van der Waals surface area contributed by atoms with Gasteiger partial charge in [-0.15, -0.1) is 0 Å². The molecule has 0 aliphatic carbocycles. The van der Waals surface area contributed by atoms with Crippen LogP contribution in [0, 0.1) is 11.8 Å². The van der Waals surface area contributed by atoms with Gasteiger partial charge in [-0.1, -0.05) is 30.3 Å². The molecule has 0 N–H and O–H groups in total. The molecule has 0 bridgehead atoms. The highest BCUT2D eigenvalue weighted by Gasteiger charge is 2.43. The number of aryl methyl sites for hydroxylation is 1. The number of rotatable bonds is 5. The number of fused-ring (bicyclic) bond motifs is 1. The minimum Gasteiger partial charge on any atom is -0.319 e. The van der Waals surface area contributed by atoms with Crippen molar-refractivity contribution in [2.45, 2.75) is 12.3 Å². The number of pyridine rings is 1. The van der Waals surface area contributed by atoms with Gasteiger partial charge in [0.2, 0.25) is 10.0 Å². The maximum atomic E-state index is 12.8. The third-order valence-electron chi connectivity index (χ3n) is 5.69. The highest BCUT2D eigenvalue weighted by atomic mass is 32.2. The van der Waals surface area contributed by atoms with Crippen molar-refractivity contribution >= 4 is 10.0 Å². The number of sulfonamides is 1. The normalized spacial score (nSPS) is 23.6. The monoisotopic (exact) mass is 387 g/mol. The molecule has 2 aromatic rings. The van der Waals surface area contributed by atoms with E-state index in [0.717, 1.165) is 30.8 Å². The van der Waals surface area contributed by atoms with Crippen LogP contribution in [-0.4, -0.2) is 48.4 Å². The summed E-state index contributed by atoms with van der Waals surface area (Å²) in [7, 11) is -1.52. The Morgan fingerprint density at radius 3 is 2.26 bits per heavy atom. The second kappa shape index (κ2) is 7.22. The molecule has 7 heteroatoms. The Labute approximate surface area is 160 Å². The van der Waals surface area contributed by atoms with Crippen molar-refractivity contribution in [1.29, 1.82) is 0 Å². The number of likely N-dealkylation sites (tertiary alicyclic amines) is 1. The van der Waals surface area contributed by atoms with Gasteiger partial charge in [-0.2, -0.15) is 0 Å². The Morgan fingerprint density at radius 2 is 1.63 bits per heavy atom. The van der Waals surface area contributed by atoms with E-state index in [1.165, 1.54) is 0 Å². The molecule has 1 aromatic heterocycles. The summed E-state index contributed by atoms with van der Waals surface area (Å²) in [6.07, 6.45) is 1.80. The molecule has 2 aliphatic heterocycles. The zero-order valence-corrected chi connectivity index (χ0v) is 16.3. The zero-order valence-electron chi connectivity index (χ0n) is 15.5. The van der Waals surface area contributed by atoms with Crippen molar-refractivity contribution < 1.29 is 8.42 Å². The molecule has 1 aromatic carbocycles. The molecule has 2 aliphatic rings. The van der Waals surface area contributed by atoms with Gasteiger partial charge in [-0.05, 0) is 29.0 Å². The van der Waals surface area contributed by atoms with Crippen LogP contribution in [0.15, 0.2) is 53.5 Å². The van der Waals surface area contributed by atoms with Crippen molar-refractivity contribution in [3.63, 3.8) is 0 Å². The molecule has 144 valence electrons. The van der Waals surface area contributed by atoms with E-state index in [-0.39, 0.29) is 11.3 Å².